The van der Waals surface area contributed by atoms with Crippen LogP contribution < -0.4 is 0 Å². The Morgan fingerprint density at radius 2 is 2.14 bits per heavy atom. The van der Waals surface area contributed by atoms with Gasteiger partial charge in [-0.25, -0.2) is 0 Å². The largest absolute Gasteiger partial charge is 0.359 e. The van der Waals surface area contributed by atoms with Crippen LogP contribution in [0.3, 0.4) is 0 Å². The van der Waals surface area contributed by atoms with E-state index in [4.69, 9.17) is 18.9 Å². The molecule has 2 rings (SSSR count). The van der Waals surface area contributed by atoms with Crippen LogP contribution in [-0.2, 0) is 18.9 Å². The average Bonchev–Trinajstić information content (AvgIpc) is 2.59. The lowest BCUT2D eigenvalue weighted by Crippen LogP contribution is -2.37. The van der Waals surface area contributed by atoms with Gasteiger partial charge in [0.1, 0.15) is 12.9 Å². The van der Waals surface area contributed by atoms with Gasteiger partial charge in [-0.15, -0.1) is 0 Å². The first-order valence-electron chi connectivity index (χ1n) is 7.21. The smallest absolute Gasteiger partial charge is 0.184 e. The first-order valence-corrected chi connectivity index (χ1v) is 8.13. The number of halogens is 1. The molecule has 0 saturated carbocycles. The monoisotopic (exact) mass is 368 g/mol. The van der Waals surface area contributed by atoms with Gasteiger partial charge in [-0.2, -0.15) is 0 Å². The van der Waals surface area contributed by atoms with Gasteiger partial charge in [0.05, 0.1) is 12.7 Å². The molecule has 4 nitrogen and oxygen atoms in total. The van der Waals surface area contributed by atoms with Crippen molar-refractivity contribution >= 4 is 15.9 Å². The summed E-state index contributed by atoms with van der Waals surface area (Å²) in [5.41, 5.74) is 1.02. The maximum Gasteiger partial charge on any atom is 0.184 e. The van der Waals surface area contributed by atoms with E-state index < -0.39 is 0 Å². The fourth-order valence-corrected chi connectivity index (χ4v) is 2.41. The van der Waals surface area contributed by atoms with E-state index in [1.165, 1.54) is 0 Å². The highest BCUT2D eigenvalue weighted by Gasteiger charge is 2.29. The minimum Gasteiger partial charge on any atom is -0.359 e. The van der Waals surface area contributed by atoms with E-state index in [0.717, 1.165) is 12.0 Å². The van der Waals surface area contributed by atoms with Crippen molar-refractivity contribution in [3.8, 4) is 0 Å². The number of rotatable bonds is 7. The number of ether oxygens (including phenoxy) is 4. The van der Waals surface area contributed by atoms with Crippen molar-refractivity contribution in [3.05, 3.63) is 59.1 Å². The van der Waals surface area contributed by atoms with E-state index in [-0.39, 0.29) is 25.3 Å². The molecule has 1 heterocycles. The van der Waals surface area contributed by atoms with Crippen molar-refractivity contribution in [1.82, 2.24) is 0 Å². The molecule has 0 aliphatic carbocycles. The second kappa shape index (κ2) is 9.92. The fraction of sp³-hybridized carbons (Fsp3) is 0.412. The third-order valence-electron chi connectivity index (χ3n) is 3.27. The Balaban J connectivity index is 2.03. The first-order chi connectivity index (χ1) is 10.8. The Hall–Kier alpha value is -0.980. The van der Waals surface area contributed by atoms with Crippen LogP contribution in [0.15, 0.2) is 53.5 Å². The summed E-state index contributed by atoms with van der Waals surface area (Å²) < 4.78 is 22.5. The highest BCUT2D eigenvalue weighted by atomic mass is 79.9. The quantitative estimate of drug-likeness (QED) is 0.539. The number of hydrogen-bond donors (Lipinski definition) is 0. The minimum absolute atomic E-state index is 0.0749. The Bertz CT molecular complexity index is 475. The molecule has 1 fully saturated rings. The molecule has 0 unspecified atom stereocenters. The molecule has 0 spiro atoms. The summed E-state index contributed by atoms with van der Waals surface area (Å²) in [7, 11) is 1.61. The molecular formula is C17H21BrO4. The lowest BCUT2D eigenvalue weighted by Gasteiger charge is -2.34. The summed E-state index contributed by atoms with van der Waals surface area (Å²) in [5, 5.41) is 0. The zero-order chi connectivity index (χ0) is 15.6. The Kier molecular flexibility index (Phi) is 7.83. The second-order valence-electron chi connectivity index (χ2n) is 4.82. The lowest BCUT2D eigenvalue weighted by molar-refractivity contribution is -0.243. The molecule has 1 saturated heterocycles. The molecule has 22 heavy (non-hydrogen) atoms. The molecule has 1 aliphatic rings. The van der Waals surface area contributed by atoms with Crippen LogP contribution in [-0.4, -0.2) is 32.7 Å². The number of methoxy groups -OCH3 is 1. The van der Waals surface area contributed by atoms with Gasteiger partial charge < -0.3 is 18.9 Å². The van der Waals surface area contributed by atoms with Crippen LogP contribution >= 0.6 is 15.9 Å². The van der Waals surface area contributed by atoms with E-state index >= 15 is 0 Å². The fourth-order valence-electron chi connectivity index (χ4n) is 2.23. The normalized spacial score (nSPS) is 24.1. The lowest BCUT2D eigenvalue weighted by atomic mass is 10.1. The number of benzene rings is 1. The Morgan fingerprint density at radius 1 is 1.32 bits per heavy atom. The summed E-state index contributed by atoms with van der Waals surface area (Å²) in [5.74, 6) is 0. The Labute approximate surface area is 139 Å². The van der Waals surface area contributed by atoms with Crippen molar-refractivity contribution in [1.29, 1.82) is 0 Å². The molecule has 0 N–H and O–H groups in total. The van der Waals surface area contributed by atoms with Crippen LogP contribution in [0.25, 0.3) is 0 Å². The van der Waals surface area contributed by atoms with Crippen molar-refractivity contribution < 1.29 is 18.9 Å². The van der Waals surface area contributed by atoms with E-state index in [1.807, 2.05) is 48.6 Å². The summed E-state index contributed by atoms with van der Waals surface area (Å²) in [6.07, 6.45) is 5.94. The van der Waals surface area contributed by atoms with Gasteiger partial charge in [-0.05, 0) is 4.99 Å². The molecule has 1 aromatic carbocycles. The number of allylic oxidation sites excluding steroid dienone is 2. The SMILES string of the molecule is COCO[C@@H](/C=C\C=C/Br)[C@@H]1CCO[C@H](c2ccccc2)O1. The molecule has 1 aromatic rings. The third-order valence-corrected chi connectivity index (χ3v) is 3.58. The predicted molar refractivity (Wildman–Crippen MR) is 88.6 cm³/mol. The first kappa shape index (κ1) is 17.4. The molecule has 1 aliphatic heterocycles. The average molecular weight is 369 g/mol. The van der Waals surface area contributed by atoms with Crippen molar-refractivity contribution in [2.75, 3.05) is 20.5 Å². The van der Waals surface area contributed by atoms with Gasteiger partial charge >= 0.3 is 0 Å². The molecule has 0 bridgehead atoms. The molecule has 120 valence electrons. The molecule has 0 amide bonds. The zero-order valence-electron chi connectivity index (χ0n) is 12.6. The van der Waals surface area contributed by atoms with Crippen LogP contribution in [0.1, 0.15) is 18.3 Å². The minimum atomic E-state index is -0.353. The van der Waals surface area contributed by atoms with E-state index in [1.54, 1.807) is 12.1 Å². The van der Waals surface area contributed by atoms with Crippen LogP contribution in [0, 0.1) is 0 Å². The van der Waals surface area contributed by atoms with E-state index in [9.17, 15) is 0 Å². The zero-order valence-corrected chi connectivity index (χ0v) is 14.1. The number of hydrogen-bond acceptors (Lipinski definition) is 4. The van der Waals surface area contributed by atoms with Gasteiger partial charge in [0.2, 0.25) is 0 Å². The van der Waals surface area contributed by atoms with Crippen molar-refractivity contribution in [2.24, 2.45) is 0 Å². The van der Waals surface area contributed by atoms with Crippen LogP contribution in [0.2, 0.25) is 0 Å². The maximum absolute atomic E-state index is 6.07. The molecule has 0 aromatic heterocycles. The van der Waals surface area contributed by atoms with Gasteiger partial charge in [0, 0.05) is 19.1 Å². The summed E-state index contributed by atoms with van der Waals surface area (Å²) in [6, 6.07) is 9.93. The van der Waals surface area contributed by atoms with Crippen LogP contribution in [0.4, 0.5) is 0 Å². The summed E-state index contributed by atoms with van der Waals surface area (Å²) in [4.78, 5) is 1.79. The highest BCUT2D eigenvalue weighted by molar-refractivity contribution is 9.11. The van der Waals surface area contributed by atoms with Gasteiger partial charge in [-0.3, -0.25) is 0 Å². The van der Waals surface area contributed by atoms with E-state index in [0.29, 0.717) is 6.61 Å². The van der Waals surface area contributed by atoms with Gasteiger partial charge in [0.25, 0.3) is 0 Å². The molecule has 5 heteroatoms. The van der Waals surface area contributed by atoms with Crippen molar-refractivity contribution in [2.45, 2.75) is 24.9 Å². The topological polar surface area (TPSA) is 36.9 Å². The summed E-state index contributed by atoms with van der Waals surface area (Å²) >= 11 is 3.24. The molecular weight excluding hydrogens is 348 g/mol. The third kappa shape index (κ3) is 5.34. The maximum atomic E-state index is 6.07. The molecule has 3 atom stereocenters. The molecule has 0 radical (unpaired) electrons. The highest BCUT2D eigenvalue weighted by Crippen LogP contribution is 2.28. The second-order valence-corrected chi connectivity index (χ2v) is 5.35. The van der Waals surface area contributed by atoms with Crippen LogP contribution in [0.5, 0.6) is 0 Å². The standard InChI is InChI=1S/C17H21BrO4/c1-19-13-21-15(9-5-6-11-18)16-10-12-20-17(22-16)14-7-3-2-4-8-14/h2-9,11,15-17H,10,12-13H2,1H3/b9-5-,11-6-/t15-,16-,17-/m0/s1. The predicted octanol–water partition coefficient (Wildman–Crippen LogP) is 3.94. The summed E-state index contributed by atoms with van der Waals surface area (Å²) in [6.45, 7) is 0.864. The van der Waals surface area contributed by atoms with E-state index in [2.05, 4.69) is 15.9 Å². The van der Waals surface area contributed by atoms with Gasteiger partial charge in [0.15, 0.2) is 6.29 Å². The van der Waals surface area contributed by atoms with Crippen molar-refractivity contribution in [3.63, 3.8) is 0 Å². The Morgan fingerprint density at radius 3 is 2.86 bits per heavy atom. The van der Waals surface area contributed by atoms with Gasteiger partial charge in [-0.1, -0.05) is 64.5 Å².